The topological polar surface area (TPSA) is 38.0 Å². The third-order valence-electron chi connectivity index (χ3n) is 4.79. The highest BCUT2D eigenvalue weighted by Gasteiger charge is 2.07. The highest BCUT2D eigenvalue weighted by Crippen LogP contribution is 2.32. The van der Waals surface area contributed by atoms with Crippen molar-refractivity contribution in [2.45, 2.75) is 43.4 Å². The Morgan fingerprint density at radius 2 is 1.71 bits per heavy atom. The molecule has 2 nitrogen and oxygen atoms in total. The number of hydrogen-bond donors (Lipinski definition) is 2. The lowest BCUT2D eigenvalue weighted by molar-refractivity contribution is 1.09. The van der Waals surface area contributed by atoms with Crippen LogP contribution >= 0.6 is 11.8 Å². The number of rotatable bonds is 7. The molecule has 0 heterocycles. The first-order valence-corrected chi connectivity index (χ1v) is 10.6. The van der Waals surface area contributed by atoms with E-state index in [-0.39, 0.29) is 0 Å². The van der Waals surface area contributed by atoms with Gasteiger partial charge in [0.15, 0.2) is 0 Å². The zero-order valence-electron chi connectivity index (χ0n) is 16.8. The van der Waals surface area contributed by atoms with Crippen LogP contribution in [0.15, 0.2) is 82.7 Å². The highest BCUT2D eigenvalue weighted by molar-refractivity contribution is 7.99. The predicted octanol–water partition coefficient (Wildman–Crippen LogP) is 6.64. The second-order valence-corrected chi connectivity index (χ2v) is 7.97. The maximum absolute atomic E-state index is 6.45. The van der Waals surface area contributed by atoms with Crippen LogP contribution in [0.4, 0.5) is 5.69 Å². The van der Waals surface area contributed by atoms with Crippen molar-refractivity contribution in [2.75, 3.05) is 5.32 Å². The van der Waals surface area contributed by atoms with E-state index in [9.17, 15) is 0 Å². The van der Waals surface area contributed by atoms with Gasteiger partial charge >= 0.3 is 0 Å². The summed E-state index contributed by atoms with van der Waals surface area (Å²) in [5.74, 6) is 0. The molecule has 0 bridgehead atoms. The van der Waals surface area contributed by atoms with Gasteiger partial charge in [0.25, 0.3) is 0 Å². The number of anilines is 1. The molecule has 28 heavy (non-hydrogen) atoms. The first-order chi connectivity index (χ1) is 13.6. The van der Waals surface area contributed by atoms with Crippen LogP contribution in [0.3, 0.4) is 0 Å². The SMILES string of the molecule is CCc1ccc(N/C=C(\N)c2ccccc2Sc2ccc(C)cc2)c(CC)c1. The smallest absolute Gasteiger partial charge is 0.0562 e. The van der Waals surface area contributed by atoms with Gasteiger partial charge in [-0.3, -0.25) is 0 Å². The first-order valence-electron chi connectivity index (χ1n) is 9.78. The van der Waals surface area contributed by atoms with E-state index >= 15 is 0 Å². The van der Waals surface area contributed by atoms with Gasteiger partial charge in [0.05, 0.1) is 5.70 Å². The summed E-state index contributed by atoms with van der Waals surface area (Å²) in [7, 11) is 0. The Morgan fingerprint density at radius 3 is 2.43 bits per heavy atom. The Kier molecular flexibility index (Phi) is 6.83. The summed E-state index contributed by atoms with van der Waals surface area (Å²) in [6.45, 7) is 6.47. The Hall–Kier alpha value is -2.65. The van der Waals surface area contributed by atoms with Crippen LogP contribution in [0.1, 0.15) is 36.1 Å². The maximum Gasteiger partial charge on any atom is 0.0562 e. The minimum absolute atomic E-state index is 0.733. The maximum atomic E-state index is 6.45. The van der Waals surface area contributed by atoms with Crippen LogP contribution < -0.4 is 11.1 Å². The van der Waals surface area contributed by atoms with E-state index in [1.807, 2.05) is 12.3 Å². The fourth-order valence-electron chi connectivity index (χ4n) is 3.06. The molecule has 0 aliphatic carbocycles. The van der Waals surface area contributed by atoms with E-state index in [2.05, 4.69) is 86.8 Å². The van der Waals surface area contributed by atoms with Crippen molar-refractivity contribution >= 4 is 23.1 Å². The summed E-state index contributed by atoms with van der Waals surface area (Å²) in [6, 6.07) is 23.4. The molecular formula is C25H28N2S. The van der Waals surface area contributed by atoms with Crippen molar-refractivity contribution in [2.24, 2.45) is 5.73 Å². The fourth-order valence-corrected chi connectivity index (χ4v) is 4.03. The monoisotopic (exact) mass is 388 g/mol. The summed E-state index contributed by atoms with van der Waals surface area (Å²) in [4.78, 5) is 2.36. The van der Waals surface area contributed by atoms with Gasteiger partial charge in [0, 0.05) is 27.2 Å². The van der Waals surface area contributed by atoms with Crippen molar-refractivity contribution < 1.29 is 0 Å². The van der Waals surface area contributed by atoms with E-state index in [0.29, 0.717) is 0 Å². The molecule has 0 saturated heterocycles. The normalized spacial score (nSPS) is 11.5. The molecule has 3 N–H and O–H groups in total. The summed E-state index contributed by atoms with van der Waals surface area (Å²) in [6.07, 6.45) is 3.95. The molecule has 3 heteroatoms. The van der Waals surface area contributed by atoms with Gasteiger partial charge in [-0.15, -0.1) is 0 Å². The van der Waals surface area contributed by atoms with Gasteiger partial charge in [-0.1, -0.05) is 73.6 Å². The number of nitrogens with two attached hydrogens (primary N) is 1. The molecule has 0 spiro atoms. The number of benzene rings is 3. The fraction of sp³-hybridized carbons (Fsp3) is 0.200. The van der Waals surface area contributed by atoms with Crippen LogP contribution in [0.25, 0.3) is 5.70 Å². The molecule has 0 amide bonds. The van der Waals surface area contributed by atoms with Crippen LogP contribution in [0.5, 0.6) is 0 Å². The zero-order chi connectivity index (χ0) is 19.9. The molecule has 3 aromatic carbocycles. The van der Waals surface area contributed by atoms with E-state index in [4.69, 9.17) is 5.73 Å². The van der Waals surface area contributed by atoms with Gasteiger partial charge in [0.1, 0.15) is 0 Å². The third kappa shape index (κ3) is 4.99. The minimum atomic E-state index is 0.733. The number of hydrogen-bond acceptors (Lipinski definition) is 3. The van der Waals surface area contributed by atoms with Crippen LogP contribution in [-0.2, 0) is 12.8 Å². The highest BCUT2D eigenvalue weighted by atomic mass is 32.2. The minimum Gasteiger partial charge on any atom is -0.397 e. The van der Waals surface area contributed by atoms with E-state index < -0.39 is 0 Å². The molecule has 0 radical (unpaired) electrons. The Bertz CT molecular complexity index is 959. The average molecular weight is 389 g/mol. The zero-order valence-corrected chi connectivity index (χ0v) is 17.6. The average Bonchev–Trinajstić information content (AvgIpc) is 2.74. The van der Waals surface area contributed by atoms with Crippen molar-refractivity contribution in [3.8, 4) is 0 Å². The molecule has 0 aliphatic rings. The lowest BCUT2D eigenvalue weighted by atomic mass is 10.0. The summed E-state index contributed by atoms with van der Waals surface area (Å²) >= 11 is 1.74. The molecule has 3 aromatic rings. The third-order valence-corrected chi connectivity index (χ3v) is 5.87. The molecule has 0 atom stereocenters. The van der Waals surface area contributed by atoms with Crippen LogP contribution in [-0.4, -0.2) is 0 Å². The predicted molar refractivity (Wildman–Crippen MR) is 123 cm³/mol. The lowest BCUT2D eigenvalue weighted by Gasteiger charge is -2.13. The second-order valence-electron chi connectivity index (χ2n) is 6.85. The van der Waals surface area contributed by atoms with E-state index in [1.54, 1.807) is 11.8 Å². The van der Waals surface area contributed by atoms with Crippen molar-refractivity contribution in [3.05, 3.63) is 95.2 Å². The molecule has 0 aliphatic heterocycles. The molecule has 0 aromatic heterocycles. The summed E-state index contributed by atoms with van der Waals surface area (Å²) in [5.41, 5.74) is 13.3. The van der Waals surface area contributed by atoms with Gasteiger partial charge in [0.2, 0.25) is 0 Å². The molecule has 3 rings (SSSR count). The number of nitrogens with one attached hydrogen (secondary N) is 1. The summed E-state index contributed by atoms with van der Waals surface area (Å²) < 4.78 is 0. The Balaban J connectivity index is 1.82. The lowest BCUT2D eigenvalue weighted by Crippen LogP contribution is -2.03. The van der Waals surface area contributed by atoms with Gasteiger partial charge in [-0.05, 0) is 55.2 Å². The standard InChI is InChI=1S/C25H28N2S/c1-4-19-12-15-24(20(5-2)16-19)27-17-23(26)22-8-6-7-9-25(22)28-21-13-10-18(3)11-14-21/h6-17,27H,4-5,26H2,1-3H3/b23-17-. The second kappa shape index (κ2) is 9.52. The van der Waals surface area contributed by atoms with Crippen LogP contribution in [0, 0.1) is 6.92 Å². The number of aryl methyl sites for hydroxylation is 3. The van der Waals surface area contributed by atoms with Crippen LogP contribution in [0.2, 0.25) is 0 Å². The summed E-state index contributed by atoms with van der Waals surface area (Å²) in [5, 5.41) is 3.42. The first kappa shape index (κ1) is 20.1. The Labute approximate surface area is 172 Å². The Morgan fingerprint density at radius 1 is 0.964 bits per heavy atom. The van der Waals surface area contributed by atoms with E-state index in [0.717, 1.165) is 34.7 Å². The molecule has 0 saturated carbocycles. The molecule has 0 fully saturated rings. The van der Waals surface area contributed by atoms with Crippen molar-refractivity contribution in [3.63, 3.8) is 0 Å². The largest absolute Gasteiger partial charge is 0.397 e. The van der Waals surface area contributed by atoms with Crippen molar-refractivity contribution in [1.82, 2.24) is 0 Å². The van der Waals surface area contributed by atoms with Gasteiger partial charge in [-0.25, -0.2) is 0 Å². The molecular weight excluding hydrogens is 360 g/mol. The molecule has 144 valence electrons. The quantitative estimate of drug-likeness (QED) is 0.476. The van der Waals surface area contributed by atoms with Crippen molar-refractivity contribution in [1.29, 1.82) is 0 Å². The van der Waals surface area contributed by atoms with E-state index in [1.165, 1.54) is 21.6 Å². The van der Waals surface area contributed by atoms with Gasteiger partial charge in [-0.2, -0.15) is 0 Å². The molecule has 0 unspecified atom stereocenters. The van der Waals surface area contributed by atoms with Gasteiger partial charge < -0.3 is 11.1 Å².